The number of sulfonamides is 1. The maximum Gasteiger partial charge on any atom is 0.241 e. The van der Waals surface area contributed by atoms with Crippen molar-refractivity contribution in [2.45, 2.75) is 50.7 Å². The molecule has 1 fully saturated rings. The number of hydrogen-bond acceptors (Lipinski definition) is 5. The molecule has 0 aromatic carbocycles. The number of ether oxygens (including phenoxy) is 1. The van der Waals surface area contributed by atoms with Crippen LogP contribution in [0.25, 0.3) is 0 Å². The highest BCUT2D eigenvalue weighted by molar-refractivity contribution is 7.89. The zero-order valence-electron chi connectivity index (χ0n) is 12.6. The molecule has 7 heteroatoms. The lowest BCUT2D eigenvalue weighted by molar-refractivity contribution is 0.105. The van der Waals surface area contributed by atoms with E-state index in [-0.39, 0.29) is 6.10 Å². The van der Waals surface area contributed by atoms with Crippen molar-refractivity contribution in [3.05, 3.63) is 15.8 Å². The van der Waals surface area contributed by atoms with Crippen molar-refractivity contribution in [2.75, 3.05) is 19.7 Å². The molecule has 1 saturated heterocycles. The molecule has 0 spiro atoms. The van der Waals surface area contributed by atoms with Crippen LogP contribution >= 0.6 is 11.3 Å². The van der Waals surface area contributed by atoms with Crippen LogP contribution < -0.4 is 10.0 Å². The summed E-state index contributed by atoms with van der Waals surface area (Å²) in [6.45, 7) is 6.71. The molecule has 1 aromatic rings. The predicted molar refractivity (Wildman–Crippen MR) is 85.2 cm³/mol. The highest BCUT2D eigenvalue weighted by atomic mass is 32.2. The predicted octanol–water partition coefficient (Wildman–Crippen LogP) is 2.01. The maximum atomic E-state index is 12.3. The van der Waals surface area contributed by atoms with Gasteiger partial charge in [0.2, 0.25) is 10.0 Å². The maximum absolute atomic E-state index is 12.3. The molecule has 0 amide bonds. The highest BCUT2D eigenvalue weighted by Gasteiger charge is 2.21. The molecule has 2 N–H and O–H groups in total. The Labute approximate surface area is 131 Å². The molecule has 1 unspecified atom stereocenters. The van der Waals surface area contributed by atoms with Crippen molar-refractivity contribution in [3.8, 4) is 0 Å². The normalized spacial score (nSPS) is 19.2. The van der Waals surface area contributed by atoms with Crippen molar-refractivity contribution in [1.29, 1.82) is 0 Å². The van der Waals surface area contributed by atoms with Crippen LogP contribution in [0.5, 0.6) is 0 Å². The zero-order valence-corrected chi connectivity index (χ0v) is 14.3. The van der Waals surface area contributed by atoms with E-state index >= 15 is 0 Å². The summed E-state index contributed by atoms with van der Waals surface area (Å²) in [4.78, 5) is 2.30. The van der Waals surface area contributed by atoms with Crippen LogP contribution in [0.1, 0.15) is 35.9 Å². The van der Waals surface area contributed by atoms with Crippen LogP contribution in [0.3, 0.4) is 0 Å². The van der Waals surface area contributed by atoms with Gasteiger partial charge in [0.15, 0.2) is 0 Å². The molecule has 2 rings (SSSR count). The van der Waals surface area contributed by atoms with Crippen LogP contribution in [0.15, 0.2) is 11.0 Å². The van der Waals surface area contributed by atoms with Crippen LogP contribution in [0.4, 0.5) is 0 Å². The van der Waals surface area contributed by atoms with Gasteiger partial charge in [-0.1, -0.05) is 6.92 Å². The van der Waals surface area contributed by atoms with E-state index in [0.717, 1.165) is 42.2 Å². The topological polar surface area (TPSA) is 67.4 Å². The molecule has 1 aromatic heterocycles. The summed E-state index contributed by atoms with van der Waals surface area (Å²) in [7, 11) is -3.41. The lowest BCUT2D eigenvalue weighted by Gasteiger charge is -2.10. The van der Waals surface area contributed by atoms with E-state index in [1.165, 1.54) is 11.3 Å². The van der Waals surface area contributed by atoms with Gasteiger partial charge in [-0.15, -0.1) is 11.3 Å². The minimum Gasteiger partial charge on any atom is -0.378 e. The van der Waals surface area contributed by atoms with Crippen molar-refractivity contribution in [3.63, 3.8) is 0 Å². The minimum atomic E-state index is -3.41. The average Bonchev–Trinajstić information content (AvgIpc) is 3.06. The van der Waals surface area contributed by atoms with E-state index in [4.69, 9.17) is 4.74 Å². The number of nitrogens with one attached hydrogen (secondary N) is 2. The summed E-state index contributed by atoms with van der Waals surface area (Å²) in [6, 6.07) is 1.77. The third-order valence-corrected chi connectivity index (χ3v) is 6.31. The second-order valence-electron chi connectivity index (χ2n) is 5.23. The molecule has 21 heavy (non-hydrogen) atoms. The second kappa shape index (κ2) is 7.69. The van der Waals surface area contributed by atoms with Gasteiger partial charge in [0.1, 0.15) is 0 Å². The Balaban J connectivity index is 1.93. The number of aryl methyl sites for hydroxylation is 1. The average molecular weight is 332 g/mol. The van der Waals surface area contributed by atoms with E-state index < -0.39 is 10.0 Å². The SMILES string of the molecule is CCNCc1cc(S(=O)(=O)NCCC2CCCO2)c(C)s1. The Kier molecular flexibility index (Phi) is 6.19. The van der Waals surface area contributed by atoms with Crippen LogP contribution in [-0.2, 0) is 21.3 Å². The fourth-order valence-electron chi connectivity index (χ4n) is 2.43. The minimum absolute atomic E-state index is 0.209. The van der Waals surface area contributed by atoms with Gasteiger partial charge < -0.3 is 10.1 Å². The Hall–Kier alpha value is -0.470. The summed E-state index contributed by atoms with van der Waals surface area (Å²) in [5.41, 5.74) is 0. The Morgan fingerprint density at radius 3 is 2.95 bits per heavy atom. The lowest BCUT2D eigenvalue weighted by Crippen LogP contribution is -2.27. The van der Waals surface area contributed by atoms with Crippen LogP contribution in [0, 0.1) is 6.92 Å². The Morgan fingerprint density at radius 1 is 1.48 bits per heavy atom. The lowest BCUT2D eigenvalue weighted by atomic mass is 10.2. The molecule has 5 nitrogen and oxygen atoms in total. The molecular formula is C14H24N2O3S2. The van der Waals surface area contributed by atoms with Gasteiger partial charge in [-0.2, -0.15) is 0 Å². The fraction of sp³-hybridized carbons (Fsp3) is 0.714. The Bertz CT molecular complexity index is 549. The molecule has 1 aliphatic heterocycles. The first-order chi connectivity index (χ1) is 10.0. The third kappa shape index (κ3) is 4.75. The van der Waals surface area contributed by atoms with E-state index in [1.807, 2.05) is 13.8 Å². The molecule has 2 heterocycles. The quantitative estimate of drug-likeness (QED) is 0.764. The van der Waals surface area contributed by atoms with E-state index in [2.05, 4.69) is 10.0 Å². The summed E-state index contributed by atoms with van der Waals surface area (Å²) in [5.74, 6) is 0. The second-order valence-corrected chi connectivity index (χ2v) is 8.31. The number of thiophene rings is 1. The van der Waals surface area contributed by atoms with E-state index in [0.29, 0.717) is 18.0 Å². The van der Waals surface area contributed by atoms with Crippen LogP contribution in [-0.4, -0.2) is 34.2 Å². The summed E-state index contributed by atoms with van der Waals surface area (Å²) >= 11 is 1.53. The van der Waals surface area contributed by atoms with Gasteiger partial charge in [-0.3, -0.25) is 0 Å². The largest absolute Gasteiger partial charge is 0.378 e. The summed E-state index contributed by atoms with van der Waals surface area (Å²) < 4.78 is 32.9. The van der Waals surface area contributed by atoms with Crippen molar-refractivity contribution >= 4 is 21.4 Å². The van der Waals surface area contributed by atoms with Crippen molar-refractivity contribution in [2.24, 2.45) is 0 Å². The smallest absolute Gasteiger partial charge is 0.241 e. The van der Waals surface area contributed by atoms with E-state index in [9.17, 15) is 8.42 Å². The molecule has 0 aliphatic carbocycles. The summed E-state index contributed by atoms with van der Waals surface area (Å²) in [6.07, 6.45) is 3.06. The monoisotopic (exact) mass is 332 g/mol. The standard InChI is InChI=1S/C14H24N2O3S2/c1-3-15-10-13-9-14(11(2)20-13)21(17,18)16-7-6-12-5-4-8-19-12/h9,12,15-16H,3-8,10H2,1-2H3. The van der Waals surface area contributed by atoms with Gasteiger partial charge in [0.05, 0.1) is 11.0 Å². The molecule has 120 valence electrons. The number of hydrogen-bond donors (Lipinski definition) is 2. The third-order valence-electron chi connectivity index (χ3n) is 3.54. The first kappa shape index (κ1) is 16.9. The number of rotatable bonds is 8. The zero-order chi connectivity index (χ0) is 15.3. The highest BCUT2D eigenvalue weighted by Crippen LogP contribution is 2.25. The van der Waals surface area contributed by atoms with Gasteiger partial charge in [0, 0.05) is 29.5 Å². The van der Waals surface area contributed by atoms with E-state index in [1.54, 1.807) is 6.07 Å². The van der Waals surface area contributed by atoms with Gasteiger partial charge in [-0.25, -0.2) is 13.1 Å². The van der Waals surface area contributed by atoms with Gasteiger partial charge in [-0.05, 0) is 38.8 Å². The molecule has 1 aliphatic rings. The molecular weight excluding hydrogens is 308 g/mol. The van der Waals surface area contributed by atoms with Gasteiger partial charge >= 0.3 is 0 Å². The van der Waals surface area contributed by atoms with Crippen molar-refractivity contribution < 1.29 is 13.2 Å². The molecule has 0 radical (unpaired) electrons. The first-order valence-electron chi connectivity index (χ1n) is 7.44. The van der Waals surface area contributed by atoms with Crippen molar-refractivity contribution in [1.82, 2.24) is 10.0 Å². The van der Waals surface area contributed by atoms with Crippen LogP contribution in [0.2, 0.25) is 0 Å². The Morgan fingerprint density at radius 2 is 2.29 bits per heavy atom. The summed E-state index contributed by atoms with van der Waals surface area (Å²) in [5, 5.41) is 3.22. The van der Waals surface area contributed by atoms with Gasteiger partial charge in [0.25, 0.3) is 0 Å². The fourth-order valence-corrected chi connectivity index (χ4v) is 5.08. The molecule has 0 saturated carbocycles. The molecule has 1 atom stereocenters. The first-order valence-corrected chi connectivity index (χ1v) is 9.74. The molecule has 0 bridgehead atoms.